The summed E-state index contributed by atoms with van der Waals surface area (Å²) in [6.07, 6.45) is 3.18. The number of aryl methyl sites for hydroxylation is 2. The van der Waals surface area contributed by atoms with Crippen LogP contribution in [0.1, 0.15) is 29.8 Å². The normalized spacial score (nSPS) is 18.8. The Labute approximate surface area is 225 Å². The SMILES string of the molecule is Cc1ccccc1O[P@](=O)(N[C@@H](C)C(=O)OCc1ccccc1)OC[C@@H]1C=C[C@H](n2cc(C)c(=O)[nH]c2=O)O1. The highest BCUT2D eigenvalue weighted by molar-refractivity contribution is 7.52. The van der Waals surface area contributed by atoms with Crippen molar-refractivity contribution in [3.05, 3.63) is 110 Å². The number of rotatable bonds is 11. The third kappa shape index (κ3) is 7.42. The Morgan fingerprint density at radius 3 is 2.54 bits per heavy atom. The summed E-state index contributed by atoms with van der Waals surface area (Å²) >= 11 is 0. The topological polar surface area (TPSA) is 138 Å². The molecule has 0 aliphatic carbocycles. The Balaban J connectivity index is 1.43. The summed E-state index contributed by atoms with van der Waals surface area (Å²) in [7, 11) is -4.12. The largest absolute Gasteiger partial charge is 0.460 e. The molecule has 206 valence electrons. The standard InChI is InChI=1S/C27H30N3O8P/c1-18-9-7-8-12-23(18)38-39(34,29-20(3)26(32)35-16-21-10-5-4-6-11-21)36-17-22-13-14-24(37-22)30-15-19(2)25(31)28-27(30)33/h4-15,20,22,24H,16-17H2,1-3H3,(H,29,34)(H,28,31,33)/t20-,22-,24+,39-/m0/s1. The average molecular weight is 556 g/mol. The number of aromatic amines is 1. The lowest BCUT2D eigenvalue weighted by atomic mass is 10.2. The summed E-state index contributed by atoms with van der Waals surface area (Å²) in [6, 6.07) is 15.1. The second kappa shape index (κ2) is 12.4. The Morgan fingerprint density at radius 1 is 1.08 bits per heavy atom. The van der Waals surface area contributed by atoms with Gasteiger partial charge in [-0.2, -0.15) is 5.09 Å². The lowest BCUT2D eigenvalue weighted by molar-refractivity contribution is -0.146. The third-order valence-corrected chi connectivity index (χ3v) is 7.50. The van der Waals surface area contributed by atoms with E-state index in [0.717, 1.165) is 5.56 Å². The highest BCUT2D eigenvalue weighted by Crippen LogP contribution is 2.46. The number of carbonyl (C=O) groups excluding carboxylic acids is 1. The quantitative estimate of drug-likeness (QED) is 0.207. The number of esters is 1. The number of carbonyl (C=O) groups is 1. The van der Waals surface area contributed by atoms with Gasteiger partial charge in [0.2, 0.25) is 0 Å². The summed E-state index contributed by atoms with van der Waals surface area (Å²) in [6.45, 7) is 4.70. The molecule has 1 aliphatic rings. The van der Waals surface area contributed by atoms with Crippen molar-refractivity contribution in [2.24, 2.45) is 0 Å². The van der Waals surface area contributed by atoms with Gasteiger partial charge in [0.05, 0.1) is 6.61 Å². The van der Waals surface area contributed by atoms with Gasteiger partial charge in [-0.25, -0.2) is 9.36 Å². The molecule has 11 nitrogen and oxygen atoms in total. The highest BCUT2D eigenvalue weighted by Gasteiger charge is 2.34. The molecule has 0 fully saturated rings. The van der Waals surface area contributed by atoms with Gasteiger partial charge >= 0.3 is 19.4 Å². The smallest absolute Gasteiger partial charge is 0.459 e. The molecule has 2 heterocycles. The first-order valence-corrected chi connectivity index (χ1v) is 13.8. The van der Waals surface area contributed by atoms with Crippen LogP contribution in [0.5, 0.6) is 5.75 Å². The summed E-state index contributed by atoms with van der Waals surface area (Å²) in [5, 5.41) is 2.66. The zero-order valence-corrected chi connectivity index (χ0v) is 22.6. The van der Waals surface area contributed by atoms with Gasteiger partial charge < -0.3 is 14.0 Å². The number of hydrogen-bond donors (Lipinski definition) is 2. The fourth-order valence-electron chi connectivity index (χ4n) is 3.71. The summed E-state index contributed by atoms with van der Waals surface area (Å²) in [5.74, 6) is -0.324. The van der Waals surface area contributed by atoms with Crippen LogP contribution in [0, 0.1) is 13.8 Å². The van der Waals surface area contributed by atoms with Crippen molar-refractivity contribution in [3.63, 3.8) is 0 Å². The zero-order chi connectivity index (χ0) is 28.0. The van der Waals surface area contributed by atoms with Crippen LogP contribution in [0.25, 0.3) is 0 Å². The number of para-hydroxylation sites is 1. The van der Waals surface area contributed by atoms with E-state index in [-0.39, 0.29) is 13.2 Å². The van der Waals surface area contributed by atoms with Crippen molar-refractivity contribution >= 4 is 13.7 Å². The fourth-order valence-corrected chi connectivity index (χ4v) is 5.28. The number of aromatic nitrogens is 2. The van der Waals surface area contributed by atoms with Crippen LogP contribution in [0.3, 0.4) is 0 Å². The van der Waals surface area contributed by atoms with E-state index in [4.69, 9.17) is 18.5 Å². The van der Waals surface area contributed by atoms with Gasteiger partial charge in [-0.1, -0.05) is 54.6 Å². The predicted octanol–water partition coefficient (Wildman–Crippen LogP) is 3.53. The van der Waals surface area contributed by atoms with Gasteiger partial charge in [-0.15, -0.1) is 0 Å². The van der Waals surface area contributed by atoms with E-state index in [1.807, 2.05) is 36.4 Å². The zero-order valence-electron chi connectivity index (χ0n) is 21.7. The second-order valence-corrected chi connectivity index (χ2v) is 10.7. The van der Waals surface area contributed by atoms with Crippen LogP contribution in [-0.2, 0) is 30.0 Å². The van der Waals surface area contributed by atoms with E-state index in [0.29, 0.717) is 16.9 Å². The number of H-pyrrole nitrogens is 1. The third-order valence-electron chi connectivity index (χ3n) is 5.87. The molecule has 0 saturated carbocycles. The van der Waals surface area contributed by atoms with E-state index in [9.17, 15) is 18.9 Å². The molecular weight excluding hydrogens is 525 g/mol. The number of nitrogens with one attached hydrogen (secondary N) is 2. The summed E-state index contributed by atoms with van der Waals surface area (Å²) in [5.41, 5.74) is 0.770. The lowest BCUT2D eigenvalue weighted by Crippen LogP contribution is -2.36. The second-order valence-electron chi connectivity index (χ2n) is 9.02. The molecule has 2 N–H and O–H groups in total. The molecule has 0 radical (unpaired) electrons. The Hall–Kier alpha value is -3.76. The molecule has 2 aromatic carbocycles. The molecule has 39 heavy (non-hydrogen) atoms. The van der Waals surface area contributed by atoms with Crippen molar-refractivity contribution in [2.75, 3.05) is 6.61 Å². The van der Waals surface area contributed by atoms with E-state index >= 15 is 0 Å². The number of hydrogen-bond acceptors (Lipinski definition) is 8. The molecule has 0 amide bonds. The lowest BCUT2D eigenvalue weighted by Gasteiger charge is -2.24. The maximum Gasteiger partial charge on any atom is 0.459 e. The Bertz CT molecular complexity index is 1500. The first-order chi connectivity index (χ1) is 18.6. The molecule has 4 atom stereocenters. The first kappa shape index (κ1) is 28.3. The predicted molar refractivity (Wildman–Crippen MR) is 143 cm³/mol. The van der Waals surface area contributed by atoms with E-state index in [2.05, 4.69) is 10.1 Å². The minimum absolute atomic E-state index is 0.0567. The van der Waals surface area contributed by atoms with Crippen LogP contribution in [0.15, 0.2) is 82.5 Å². The summed E-state index contributed by atoms with van der Waals surface area (Å²) in [4.78, 5) is 38.8. The maximum atomic E-state index is 13.8. The molecule has 4 rings (SSSR count). The van der Waals surface area contributed by atoms with E-state index < -0.39 is 43.3 Å². The fraction of sp³-hybridized carbons (Fsp3) is 0.296. The van der Waals surface area contributed by atoms with Gasteiger partial charge in [-0.05, 0) is 44.0 Å². The molecule has 0 bridgehead atoms. The van der Waals surface area contributed by atoms with Crippen LogP contribution in [0.2, 0.25) is 0 Å². The number of benzene rings is 2. The van der Waals surface area contributed by atoms with Gasteiger partial charge in [-0.3, -0.25) is 23.7 Å². The molecule has 1 aliphatic heterocycles. The first-order valence-electron chi connectivity index (χ1n) is 12.3. The minimum Gasteiger partial charge on any atom is -0.460 e. The van der Waals surface area contributed by atoms with Crippen LogP contribution >= 0.6 is 7.75 Å². The number of nitrogens with zero attached hydrogens (tertiary/aromatic N) is 1. The molecule has 12 heteroatoms. The van der Waals surface area contributed by atoms with Crippen molar-refractivity contribution in [3.8, 4) is 5.75 Å². The summed E-state index contributed by atoms with van der Waals surface area (Å²) < 4.78 is 37.7. The van der Waals surface area contributed by atoms with Gasteiger partial charge in [0.15, 0.2) is 6.23 Å². The van der Waals surface area contributed by atoms with Crippen LogP contribution < -0.4 is 20.9 Å². The average Bonchev–Trinajstić information content (AvgIpc) is 3.39. The van der Waals surface area contributed by atoms with Crippen LogP contribution in [-0.4, -0.2) is 34.3 Å². The van der Waals surface area contributed by atoms with Crippen molar-refractivity contribution in [1.82, 2.24) is 14.6 Å². The van der Waals surface area contributed by atoms with Gasteiger partial charge in [0.25, 0.3) is 5.56 Å². The van der Waals surface area contributed by atoms with E-state index in [1.54, 1.807) is 44.2 Å². The molecule has 0 saturated heterocycles. The van der Waals surface area contributed by atoms with Crippen molar-refractivity contribution in [2.45, 2.75) is 45.8 Å². The molecular formula is C27H30N3O8P. The maximum absolute atomic E-state index is 13.8. The van der Waals surface area contributed by atoms with Crippen molar-refractivity contribution < 1.29 is 27.9 Å². The monoisotopic (exact) mass is 555 g/mol. The molecule has 0 spiro atoms. The molecule has 0 unspecified atom stereocenters. The minimum atomic E-state index is -4.12. The molecule has 3 aromatic rings. The Kier molecular flexibility index (Phi) is 8.98. The van der Waals surface area contributed by atoms with Gasteiger partial charge in [0, 0.05) is 11.8 Å². The van der Waals surface area contributed by atoms with Crippen LogP contribution in [0.4, 0.5) is 0 Å². The number of ether oxygens (including phenoxy) is 2. The molecule has 1 aromatic heterocycles. The van der Waals surface area contributed by atoms with Crippen molar-refractivity contribution in [1.29, 1.82) is 0 Å². The highest BCUT2D eigenvalue weighted by atomic mass is 31.2. The van der Waals surface area contributed by atoms with Gasteiger partial charge in [0.1, 0.15) is 24.5 Å². The Morgan fingerprint density at radius 2 is 1.79 bits per heavy atom. The van der Waals surface area contributed by atoms with E-state index in [1.165, 1.54) is 17.7 Å².